The number of carbonyl (C=O) groups is 2. The molecule has 1 atom stereocenters. The molecule has 110 valence electrons. The van der Waals surface area contributed by atoms with Gasteiger partial charge in [-0.05, 0) is 13.3 Å². The van der Waals surface area contributed by atoms with Gasteiger partial charge in [-0.3, -0.25) is 9.59 Å². The second kappa shape index (κ2) is 6.41. The zero-order valence-electron chi connectivity index (χ0n) is 11.8. The molecule has 1 unspecified atom stereocenters. The second-order valence-electron chi connectivity index (χ2n) is 5.24. The van der Waals surface area contributed by atoms with Gasteiger partial charge in [0.15, 0.2) is 5.78 Å². The molecule has 1 aliphatic heterocycles. The van der Waals surface area contributed by atoms with E-state index in [4.69, 9.17) is 0 Å². The number of alkyl halides is 2. The first-order valence-corrected chi connectivity index (χ1v) is 6.57. The van der Waals surface area contributed by atoms with Crippen LogP contribution in [0.3, 0.4) is 0 Å². The Bertz CT molecular complexity index is 338. The van der Waals surface area contributed by atoms with Gasteiger partial charge in [0.1, 0.15) is 0 Å². The minimum atomic E-state index is -2.55. The van der Waals surface area contributed by atoms with Crippen LogP contribution in [0.15, 0.2) is 0 Å². The normalized spacial score (nSPS) is 20.9. The van der Waals surface area contributed by atoms with Crippen molar-refractivity contribution in [2.24, 2.45) is 0 Å². The van der Waals surface area contributed by atoms with E-state index >= 15 is 0 Å². The molecule has 0 spiro atoms. The Labute approximate surface area is 112 Å². The highest BCUT2D eigenvalue weighted by atomic mass is 19.3. The Morgan fingerprint density at radius 3 is 2.21 bits per heavy atom. The Kier molecular flexibility index (Phi) is 5.40. The van der Waals surface area contributed by atoms with Crippen LogP contribution >= 0.6 is 0 Å². The lowest BCUT2D eigenvalue weighted by Gasteiger charge is -2.33. The van der Waals surface area contributed by atoms with Crippen LogP contribution in [-0.4, -0.2) is 60.1 Å². The van der Waals surface area contributed by atoms with Crippen LogP contribution in [0.1, 0.15) is 33.1 Å². The minimum absolute atomic E-state index is 0.0694. The Hall–Kier alpha value is -1.04. The minimum Gasteiger partial charge on any atom is -0.336 e. The van der Waals surface area contributed by atoms with E-state index in [0.29, 0.717) is 26.1 Å². The van der Waals surface area contributed by atoms with Gasteiger partial charge in [-0.2, -0.15) is 0 Å². The molecule has 0 aromatic carbocycles. The molecule has 0 bridgehead atoms. The molecule has 0 aliphatic carbocycles. The Balaban J connectivity index is 2.45. The molecule has 1 amide bonds. The fourth-order valence-electron chi connectivity index (χ4n) is 2.30. The van der Waals surface area contributed by atoms with Crippen molar-refractivity contribution in [1.29, 1.82) is 0 Å². The zero-order valence-corrected chi connectivity index (χ0v) is 11.8. The molecule has 1 saturated heterocycles. The summed E-state index contributed by atoms with van der Waals surface area (Å²) in [6.45, 7) is 4.13. The number of hydrogen-bond acceptors (Lipinski definition) is 3. The molecule has 0 aromatic heterocycles. The van der Waals surface area contributed by atoms with Crippen molar-refractivity contribution in [1.82, 2.24) is 9.80 Å². The number of Topliss-reactive ketones (excluding diaryl/α,β-unsaturated/α-hetero) is 1. The number of likely N-dealkylation sites (tertiary alicyclic amines) is 1. The zero-order chi connectivity index (χ0) is 14.6. The van der Waals surface area contributed by atoms with Crippen molar-refractivity contribution in [3.05, 3.63) is 0 Å². The van der Waals surface area contributed by atoms with Gasteiger partial charge >= 0.3 is 0 Å². The topological polar surface area (TPSA) is 40.6 Å². The SMILES string of the molecule is CC(=O)C(CCN1CCC(F)(F)CC1)N(C)C(C)=O. The number of carbonyl (C=O) groups excluding carboxylic acids is 2. The van der Waals surface area contributed by atoms with Gasteiger partial charge in [-0.25, -0.2) is 8.78 Å². The van der Waals surface area contributed by atoms with Crippen molar-refractivity contribution in [2.45, 2.75) is 45.1 Å². The van der Waals surface area contributed by atoms with E-state index in [1.54, 1.807) is 7.05 Å². The number of likely N-dealkylation sites (N-methyl/N-ethyl adjacent to an activating group) is 1. The highest BCUT2D eigenvalue weighted by Crippen LogP contribution is 2.27. The number of rotatable bonds is 5. The highest BCUT2D eigenvalue weighted by Gasteiger charge is 2.34. The van der Waals surface area contributed by atoms with Crippen LogP contribution in [0.2, 0.25) is 0 Å². The molecular formula is C13H22F2N2O2. The number of ketones is 1. The standard InChI is InChI=1S/C13H22F2N2O2/c1-10(18)12(16(3)11(2)19)4-7-17-8-5-13(14,15)6-9-17/h12H,4-9H2,1-3H3. The number of hydrogen-bond donors (Lipinski definition) is 0. The fourth-order valence-corrected chi connectivity index (χ4v) is 2.30. The summed E-state index contributed by atoms with van der Waals surface area (Å²) < 4.78 is 26.0. The summed E-state index contributed by atoms with van der Waals surface area (Å²) in [7, 11) is 1.60. The van der Waals surface area contributed by atoms with Crippen LogP contribution in [0.4, 0.5) is 8.78 Å². The predicted octanol–water partition coefficient (Wildman–Crippen LogP) is 1.54. The first-order valence-electron chi connectivity index (χ1n) is 6.57. The van der Waals surface area contributed by atoms with Gasteiger partial charge in [-0.1, -0.05) is 0 Å². The molecule has 0 aromatic rings. The van der Waals surface area contributed by atoms with E-state index in [2.05, 4.69) is 0 Å². The van der Waals surface area contributed by atoms with Crippen LogP contribution in [0.25, 0.3) is 0 Å². The van der Waals surface area contributed by atoms with Crippen LogP contribution in [-0.2, 0) is 9.59 Å². The summed E-state index contributed by atoms with van der Waals surface area (Å²) in [5, 5.41) is 0. The molecule has 1 rings (SSSR count). The van der Waals surface area contributed by atoms with Crippen molar-refractivity contribution in [3.8, 4) is 0 Å². The predicted molar refractivity (Wildman–Crippen MR) is 68.2 cm³/mol. The summed E-state index contributed by atoms with van der Waals surface area (Å²) in [6, 6.07) is -0.458. The third-order valence-corrected chi connectivity index (χ3v) is 3.74. The van der Waals surface area contributed by atoms with E-state index in [1.165, 1.54) is 18.7 Å². The fraction of sp³-hybridized carbons (Fsp3) is 0.846. The van der Waals surface area contributed by atoms with Crippen molar-refractivity contribution < 1.29 is 18.4 Å². The Morgan fingerprint density at radius 1 is 1.26 bits per heavy atom. The summed E-state index contributed by atoms with van der Waals surface area (Å²) in [4.78, 5) is 26.2. The highest BCUT2D eigenvalue weighted by molar-refractivity contribution is 5.86. The van der Waals surface area contributed by atoms with Gasteiger partial charge in [0, 0.05) is 46.4 Å². The van der Waals surface area contributed by atoms with E-state index < -0.39 is 12.0 Å². The number of amides is 1. The molecule has 0 saturated carbocycles. The number of piperidine rings is 1. The molecule has 0 N–H and O–H groups in total. The second-order valence-corrected chi connectivity index (χ2v) is 5.24. The smallest absolute Gasteiger partial charge is 0.250 e. The molecule has 4 nitrogen and oxygen atoms in total. The summed E-state index contributed by atoms with van der Waals surface area (Å²) in [5.41, 5.74) is 0. The van der Waals surface area contributed by atoms with Gasteiger partial charge in [-0.15, -0.1) is 0 Å². The quantitative estimate of drug-likeness (QED) is 0.765. The van der Waals surface area contributed by atoms with Crippen molar-refractivity contribution >= 4 is 11.7 Å². The van der Waals surface area contributed by atoms with Gasteiger partial charge in [0.25, 0.3) is 5.92 Å². The third kappa shape index (κ3) is 4.86. The van der Waals surface area contributed by atoms with Gasteiger partial charge in [0.2, 0.25) is 5.91 Å². The molecule has 19 heavy (non-hydrogen) atoms. The van der Waals surface area contributed by atoms with Crippen molar-refractivity contribution in [3.63, 3.8) is 0 Å². The van der Waals surface area contributed by atoms with Gasteiger partial charge < -0.3 is 9.80 Å². The maximum absolute atomic E-state index is 13.0. The van der Waals surface area contributed by atoms with E-state index in [1.807, 2.05) is 4.90 Å². The summed E-state index contributed by atoms with van der Waals surface area (Å²) in [6.07, 6.45) is 0.248. The number of nitrogens with zero attached hydrogens (tertiary/aromatic N) is 2. The largest absolute Gasteiger partial charge is 0.336 e. The van der Waals surface area contributed by atoms with Crippen molar-refractivity contribution in [2.75, 3.05) is 26.7 Å². The maximum atomic E-state index is 13.0. The molecule has 1 aliphatic rings. The lowest BCUT2D eigenvalue weighted by atomic mass is 10.0. The molecular weight excluding hydrogens is 254 g/mol. The summed E-state index contributed by atoms with van der Waals surface area (Å²) >= 11 is 0. The lowest BCUT2D eigenvalue weighted by Crippen LogP contribution is -2.45. The lowest BCUT2D eigenvalue weighted by molar-refractivity contribution is -0.136. The van der Waals surface area contributed by atoms with Crippen LogP contribution in [0, 0.1) is 0 Å². The number of halogens is 2. The molecule has 1 fully saturated rings. The molecule has 1 heterocycles. The first kappa shape index (κ1) is 16.0. The Morgan fingerprint density at radius 2 is 1.79 bits per heavy atom. The maximum Gasteiger partial charge on any atom is 0.250 e. The van der Waals surface area contributed by atoms with Crippen LogP contribution < -0.4 is 0 Å². The average molecular weight is 276 g/mol. The van der Waals surface area contributed by atoms with Crippen LogP contribution in [0.5, 0.6) is 0 Å². The molecule has 0 radical (unpaired) electrons. The first-order chi connectivity index (χ1) is 8.73. The monoisotopic (exact) mass is 276 g/mol. The summed E-state index contributed by atoms with van der Waals surface area (Å²) in [5.74, 6) is -2.78. The molecule has 6 heteroatoms. The third-order valence-electron chi connectivity index (χ3n) is 3.74. The van der Waals surface area contributed by atoms with Gasteiger partial charge in [0.05, 0.1) is 6.04 Å². The van der Waals surface area contributed by atoms with E-state index in [0.717, 1.165) is 0 Å². The van der Waals surface area contributed by atoms with E-state index in [-0.39, 0.29) is 24.5 Å². The average Bonchev–Trinajstić information content (AvgIpc) is 2.30. The van der Waals surface area contributed by atoms with E-state index in [9.17, 15) is 18.4 Å².